The van der Waals surface area contributed by atoms with Crippen LogP contribution >= 0.6 is 11.6 Å². The van der Waals surface area contributed by atoms with Gasteiger partial charge in [0.15, 0.2) is 11.5 Å². The van der Waals surface area contributed by atoms with Gasteiger partial charge in [-0.3, -0.25) is 14.3 Å². The molecule has 0 fully saturated rings. The second-order valence-electron chi connectivity index (χ2n) is 8.28. The number of hydrogen-bond acceptors (Lipinski definition) is 5. The van der Waals surface area contributed by atoms with Gasteiger partial charge in [0.2, 0.25) is 5.91 Å². The third kappa shape index (κ3) is 4.99. The Labute approximate surface area is 211 Å². The number of nitrogens with zero attached hydrogens (tertiary/aromatic N) is 3. The van der Waals surface area contributed by atoms with Gasteiger partial charge in [-0.2, -0.15) is 5.10 Å². The molecule has 1 N–H and O–H groups in total. The van der Waals surface area contributed by atoms with Gasteiger partial charge in [-0.15, -0.1) is 0 Å². The van der Waals surface area contributed by atoms with Crippen molar-refractivity contribution in [1.29, 1.82) is 0 Å². The molecule has 1 aromatic heterocycles. The van der Waals surface area contributed by atoms with E-state index in [1.54, 1.807) is 24.1 Å². The normalized spacial score (nSPS) is 15.0. The maximum Gasteiger partial charge on any atom is 0.282 e. The summed E-state index contributed by atoms with van der Waals surface area (Å²) in [5.74, 6) is -0.0526. The highest BCUT2D eigenvalue weighted by molar-refractivity contribution is 6.30. The van der Waals surface area contributed by atoms with Crippen LogP contribution in [0.5, 0.6) is 11.5 Å². The number of aromatic nitrogens is 2. The first-order chi connectivity index (χ1) is 17.2. The third-order valence-corrected chi connectivity index (χ3v) is 6.34. The number of rotatable bonds is 7. The monoisotopic (exact) mass is 518 g/mol. The van der Waals surface area contributed by atoms with Crippen LogP contribution in [0, 0.1) is 0 Å². The smallest absolute Gasteiger partial charge is 0.282 e. The molecule has 8 nitrogen and oxygen atoms in total. The number of hydrogen-bond donors (Lipinski definition) is 1. The van der Waals surface area contributed by atoms with E-state index in [1.165, 1.54) is 20.4 Å². The molecule has 2 amide bonds. The molecule has 1 unspecified atom stereocenters. The highest BCUT2D eigenvalue weighted by Crippen LogP contribution is 2.41. The van der Waals surface area contributed by atoms with Gasteiger partial charge in [-0.1, -0.05) is 23.7 Å². The summed E-state index contributed by atoms with van der Waals surface area (Å²) in [6.07, 6.45) is -1.16. The van der Waals surface area contributed by atoms with Gasteiger partial charge in [0.25, 0.3) is 12.3 Å². The standard InChI is InChI=1S/C25H25ClF2N4O4/c1-31-13-18(22(30-31)24(27)28)25(34)29-12-21(33)32-9-8-15-10-19(35-2)20(36-3)11-17(15)23(32)14-4-6-16(26)7-5-14/h4-7,10-11,13,23-24H,8-9,12H2,1-3H3,(H,29,34). The molecule has 0 saturated heterocycles. The van der Waals surface area contributed by atoms with E-state index in [2.05, 4.69) is 10.4 Å². The zero-order valence-electron chi connectivity index (χ0n) is 19.9. The van der Waals surface area contributed by atoms with Crippen molar-refractivity contribution in [3.05, 3.63) is 75.6 Å². The molecule has 190 valence electrons. The van der Waals surface area contributed by atoms with Gasteiger partial charge in [-0.05, 0) is 47.4 Å². The number of benzene rings is 2. The van der Waals surface area contributed by atoms with Crippen molar-refractivity contribution in [2.24, 2.45) is 7.05 Å². The average Bonchev–Trinajstić information content (AvgIpc) is 3.28. The molecule has 0 aliphatic carbocycles. The SMILES string of the molecule is COc1cc2c(cc1OC)C(c1ccc(Cl)cc1)N(C(=O)CNC(=O)c1cn(C)nc1C(F)F)CC2. The molecule has 0 radical (unpaired) electrons. The molecule has 4 rings (SSSR count). The van der Waals surface area contributed by atoms with Gasteiger partial charge < -0.3 is 19.7 Å². The summed E-state index contributed by atoms with van der Waals surface area (Å²) in [5, 5.41) is 6.66. The Morgan fingerprint density at radius 2 is 1.83 bits per heavy atom. The number of carbonyl (C=O) groups excluding carboxylic acids is 2. The van der Waals surface area contributed by atoms with Gasteiger partial charge in [-0.25, -0.2) is 8.78 Å². The van der Waals surface area contributed by atoms with E-state index < -0.39 is 24.1 Å². The fourth-order valence-corrected chi connectivity index (χ4v) is 4.54. The lowest BCUT2D eigenvalue weighted by Gasteiger charge is -2.38. The number of methoxy groups -OCH3 is 2. The van der Waals surface area contributed by atoms with E-state index in [9.17, 15) is 18.4 Å². The lowest BCUT2D eigenvalue weighted by molar-refractivity contribution is -0.132. The van der Waals surface area contributed by atoms with Crippen LogP contribution in [0.15, 0.2) is 42.6 Å². The van der Waals surface area contributed by atoms with E-state index in [-0.39, 0.29) is 18.0 Å². The van der Waals surface area contributed by atoms with Crippen molar-refractivity contribution in [2.75, 3.05) is 27.3 Å². The Balaban J connectivity index is 1.63. The molecule has 1 aliphatic rings. The summed E-state index contributed by atoms with van der Waals surface area (Å²) in [5.41, 5.74) is 1.77. The van der Waals surface area contributed by atoms with Crippen molar-refractivity contribution < 1.29 is 27.8 Å². The number of aryl methyl sites for hydroxylation is 1. The molecule has 36 heavy (non-hydrogen) atoms. The Kier molecular flexibility index (Phi) is 7.44. The Hall–Kier alpha value is -3.66. The van der Waals surface area contributed by atoms with Crippen LogP contribution in [0.3, 0.4) is 0 Å². The molecule has 1 aliphatic heterocycles. The molecule has 0 bridgehead atoms. The minimum atomic E-state index is -2.91. The van der Waals surface area contributed by atoms with Gasteiger partial charge in [0, 0.05) is 24.8 Å². The molecule has 11 heteroatoms. The minimum Gasteiger partial charge on any atom is -0.493 e. The second kappa shape index (κ2) is 10.5. The molecule has 2 aromatic carbocycles. The summed E-state index contributed by atoms with van der Waals surface area (Å²) >= 11 is 6.09. The fraction of sp³-hybridized carbons (Fsp3) is 0.320. The van der Waals surface area contributed by atoms with Crippen LogP contribution in [0.2, 0.25) is 5.02 Å². The number of ether oxygens (including phenoxy) is 2. The molecular weight excluding hydrogens is 494 g/mol. The Bertz CT molecular complexity index is 1280. The first-order valence-electron chi connectivity index (χ1n) is 11.1. The van der Waals surface area contributed by atoms with Crippen molar-refractivity contribution in [1.82, 2.24) is 20.0 Å². The Morgan fingerprint density at radius 3 is 2.47 bits per heavy atom. The number of fused-ring (bicyclic) bond motifs is 1. The fourth-order valence-electron chi connectivity index (χ4n) is 4.41. The summed E-state index contributed by atoms with van der Waals surface area (Å²) < 4.78 is 38.6. The van der Waals surface area contributed by atoms with E-state index in [0.29, 0.717) is 29.5 Å². The number of amides is 2. The molecule has 3 aromatic rings. The van der Waals surface area contributed by atoms with Crippen LogP contribution in [0.25, 0.3) is 0 Å². The second-order valence-corrected chi connectivity index (χ2v) is 8.72. The van der Waals surface area contributed by atoms with E-state index >= 15 is 0 Å². The molecule has 0 spiro atoms. The van der Waals surface area contributed by atoms with E-state index in [0.717, 1.165) is 21.4 Å². The number of halogens is 3. The lowest BCUT2D eigenvalue weighted by Crippen LogP contribution is -2.45. The van der Waals surface area contributed by atoms with Crippen molar-refractivity contribution >= 4 is 23.4 Å². The van der Waals surface area contributed by atoms with Crippen LogP contribution in [0.1, 0.15) is 45.2 Å². The predicted octanol–water partition coefficient (Wildman–Crippen LogP) is 3.93. The van der Waals surface area contributed by atoms with Crippen molar-refractivity contribution in [3.8, 4) is 11.5 Å². The summed E-state index contributed by atoms with van der Waals surface area (Å²) in [4.78, 5) is 27.6. The average molecular weight is 519 g/mol. The predicted molar refractivity (Wildman–Crippen MR) is 129 cm³/mol. The van der Waals surface area contributed by atoms with Crippen LogP contribution in [-0.2, 0) is 18.3 Å². The zero-order chi connectivity index (χ0) is 26.0. The first kappa shape index (κ1) is 25.4. The summed E-state index contributed by atoms with van der Waals surface area (Å²) in [7, 11) is 4.54. The van der Waals surface area contributed by atoms with Crippen LogP contribution in [-0.4, -0.2) is 53.8 Å². The highest BCUT2D eigenvalue weighted by atomic mass is 35.5. The Morgan fingerprint density at radius 1 is 1.17 bits per heavy atom. The molecule has 1 atom stereocenters. The quantitative estimate of drug-likeness (QED) is 0.512. The lowest BCUT2D eigenvalue weighted by atomic mass is 9.87. The van der Waals surface area contributed by atoms with Crippen molar-refractivity contribution in [2.45, 2.75) is 18.9 Å². The van der Waals surface area contributed by atoms with Crippen LogP contribution < -0.4 is 14.8 Å². The molecule has 2 heterocycles. The number of carbonyl (C=O) groups is 2. The molecule has 0 saturated carbocycles. The van der Waals surface area contributed by atoms with Gasteiger partial charge >= 0.3 is 0 Å². The van der Waals surface area contributed by atoms with Crippen LogP contribution in [0.4, 0.5) is 8.78 Å². The van der Waals surface area contributed by atoms with Gasteiger partial charge in [0.05, 0.1) is 32.4 Å². The zero-order valence-corrected chi connectivity index (χ0v) is 20.7. The highest BCUT2D eigenvalue weighted by Gasteiger charge is 2.34. The topological polar surface area (TPSA) is 85.7 Å². The number of nitrogens with one attached hydrogen (secondary N) is 1. The van der Waals surface area contributed by atoms with E-state index in [4.69, 9.17) is 21.1 Å². The number of alkyl halides is 2. The molecular formula is C25H25ClF2N4O4. The minimum absolute atomic E-state index is 0.268. The van der Waals surface area contributed by atoms with Gasteiger partial charge in [0.1, 0.15) is 5.69 Å². The third-order valence-electron chi connectivity index (χ3n) is 6.09. The maximum absolute atomic E-state index is 13.4. The first-order valence-corrected chi connectivity index (χ1v) is 11.5. The summed E-state index contributed by atoms with van der Waals surface area (Å²) in [6, 6.07) is 10.4. The van der Waals surface area contributed by atoms with Crippen molar-refractivity contribution in [3.63, 3.8) is 0 Å². The summed E-state index contributed by atoms with van der Waals surface area (Å²) in [6.45, 7) is 0.00275. The van der Waals surface area contributed by atoms with E-state index in [1.807, 2.05) is 24.3 Å². The maximum atomic E-state index is 13.4. The largest absolute Gasteiger partial charge is 0.493 e.